The van der Waals surface area contributed by atoms with Crippen LogP contribution in [0.25, 0.3) is 0 Å². The highest BCUT2D eigenvalue weighted by Gasteiger charge is 2.24. The average Bonchev–Trinajstić information content (AvgIpc) is 2.45. The quantitative estimate of drug-likeness (QED) is 0.724. The Kier molecular flexibility index (Phi) is 7.22. The first-order chi connectivity index (χ1) is 9.93. The van der Waals surface area contributed by atoms with E-state index in [4.69, 9.17) is 5.11 Å². The van der Waals surface area contributed by atoms with Gasteiger partial charge < -0.3 is 10.4 Å². The molecule has 2 atom stereocenters. The van der Waals surface area contributed by atoms with E-state index in [0.29, 0.717) is 12.2 Å². The van der Waals surface area contributed by atoms with Crippen LogP contribution >= 0.6 is 11.8 Å². The third-order valence-corrected chi connectivity index (χ3v) is 4.22. The van der Waals surface area contributed by atoms with Crippen molar-refractivity contribution >= 4 is 23.6 Å². The number of carbonyl (C=O) groups excluding carboxylic acids is 1. The number of halogens is 1. The van der Waals surface area contributed by atoms with Crippen molar-refractivity contribution in [3.8, 4) is 0 Å². The van der Waals surface area contributed by atoms with Gasteiger partial charge in [0.05, 0.1) is 0 Å². The van der Waals surface area contributed by atoms with E-state index in [1.165, 1.54) is 23.9 Å². The van der Waals surface area contributed by atoms with E-state index >= 15 is 0 Å². The van der Waals surface area contributed by atoms with Gasteiger partial charge in [0, 0.05) is 17.1 Å². The number of amides is 1. The summed E-state index contributed by atoms with van der Waals surface area (Å²) in [5.74, 6) is -1.18. The Morgan fingerprint density at radius 2 is 1.95 bits per heavy atom. The molecule has 0 aliphatic carbocycles. The first kappa shape index (κ1) is 17.5. The van der Waals surface area contributed by atoms with Crippen LogP contribution in [0.1, 0.15) is 26.7 Å². The molecule has 0 saturated heterocycles. The van der Waals surface area contributed by atoms with Crippen LogP contribution in [0, 0.1) is 11.7 Å². The zero-order chi connectivity index (χ0) is 15.8. The van der Waals surface area contributed by atoms with Crippen molar-refractivity contribution in [1.82, 2.24) is 5.32 Å². The molecule has 116 valence electrons. The topological polar surface area (TPSA) is 66.4 Å². The molecule has 1 aromatic carbocycles. The van der Waals surface area contributed by atoms with Gasteiger partial charge in [-0.25, -0.2) is 9.18 Å². The van der Waals surface area contributed by atoms with Gasteiger partial charge in [0.15, 0.2) is 0 Å². The van der Waals surface area contributed by atoms with Gasteiger partial charge in [-0.2, -0.15) is 0 Å². The predicted molar refractivity (Wildman–Crippen MR) is 80.8 cm³/mol. The Hall–Kier alpha value is -1.56. The Labute approximate surface area is 128 Å². The molecular formula is C15H20FNO3S. The normalized spacial score (nSPS) is 13.5. The summed E-state index contributed by atoms with van der Waals surface area (Å²) in [6, 6.07) is 5.18. The standard InChI is InChI=1S/C15H20FNO3S/c1-3-10(2)14(15(19)20)17-13(18)8-9-21-12-6-4-11(16)5-7-12/h4-7,10,14H,3,8-9H2,1-2H3,(H,17,18)(H,19,20). The maximum Gasteiger partial charge on any atom is 0.326 e. The lowest BCUT2D eigenvalue weighted by atomic mass is 9.99. The minimum atomic E-state index is -1.01. The number of benzene rings is 1. The van der Waals surface area contributed by atoms with Gasteiger partial charge in [0.2, 0.25) is 5.91 Å². The van der Waals surface area contributed by atoms with Crippen LogP contribution in [0.2, 0.25) is 0 Å². The highest BCUT2D eigenvalue weighted by atomic mass is 32.2. The number of hydrogen-bond donors (Lipinski definition) is 2. The zero-order valence-corrected chi connectivity index (χ0v) is 13.0. The molecule has 1 rings (SSSR count). The second-order valence-corrected chi connectivity index (χ2v) is 5.99. The highest BCUT2D eigenvalue weighted by molar-refractivity contribution is 7.99. The van der Waals surface area contributed by atoms with Crippen LogP contribution in [0.4, 0.5) is 4.39 Å². The van der Waals surface area contributed by atoms with Gasteiger partial charge >= 0.3 is 5.97 Å². The number of carbonyl (C=O) groups is 2. The molecule has 2 N–H and O–H groups in total. The molecular weight excluding hydrogens is 293 g/mol. The maximum absolute atomic E-state index is 12.7. The summed E-state index contributed by atoms with van der Waals surface area (Å²) in [5.41, 5.74) is 0. The first-order valence-electron chi connectivity index (χ1n) is 6.84. The summed E-state index contributed by atoms with van der Waals surface area (Å²) in [5, 5.41) is 11.6. The van der Waals surface area contributed by atoms with Crippen molar-refractivity contribution in [2.45, 2.75) is 37.6 Å². The molecule has 0 saturated carbocycles. The number of thioether (sulfide) groups is 1. The predicted octanol–water partition coefficient (Wildman–Crippen LogP) is 2.92. The number of carboxylic acid groups (broad SMARTS) is 1. The van der Waals surface area contributed by atoms with Gasteiger partial charge in [0.1, 0.15) is 11.9 Å². The molecule has 21 heavy (non-hydrogen) atoms. The van der Waals surface area contributed by atoms with Crippen molar-refractivity contribution in [3.63, 3.8) is 0 Å². The van der Waals surface area contributed by atoms with Gasteiger partial charge in [-0.1, -0.05) is 20.3 Å². The Morgan fingerprint density at radius 1 is 1.33 bits per heavy atom. The number of nitrogens with one attached hydrogen (secondary N) is 1. The fraction of sp³-hybridized carbons (Fsp3) is 0.467. The van der Waals surface area contributed by atoms with Crippen LogP contribution in [-0.4, -0.2) is 28.8 Å². The minimum absolute atomic E-state index is 0.115. The lowest BCUT2D eigenvalue weighted by molar-refractivity contribution is -0.143. The van der Waals surface area contributed by atoms with Gasteiger partial charge in [-0.3, -0.25) is 4.79 Å². The van der Waals surface area contributed by atoms with E-state index in [0.717, 1.165) is 4.90 Å². The third kappa shape index (κ3) is 6.16. The SMILES string of the molecule is CCC(C)C(NC(=O)CCSc1ccc(F)cc1)C(=O)O. The molecule has 4 nitrogen and oxygen atoms in total. The van der Waals surface area contributed by atoms with Crippen LogP contribution in [0.5, 0.6) is 0 Å². The van der Waals surface area contributed by atoms with Crippen LogP contribution < -0.4 is 5.32 Å². The maximum atomic E-state index is 12.7. The van der Waals surface area contributed by atoms with Gasteiger partial charge in [-0.15, -0.1) is 11.8 Å². The lowest BCUT2D eigenvalue weighted by Crippen LogP contribution is -2.45. The Balaban J connectivity index is 2.39. The van der Waals surface area contributed by atoms with Crippen molar-refractivity contribution in [2.75, 3.05) is 5.75 Å². The fourth-order valence-electron chi connectivity index (χ4n) is 1.72. The molecule has 6 heteroatoms. The molecule has 0 fully saturated rings. The lowest BCUT2D eigenvalue weighted by Gasteiger charge is -2.20. The van der Waals surface area contributed by atoms with E-state index in [-0.39, 0.29) is 24.1 Å². The smallest absolute Gasteiger partial charge is 0.326 e. The fourth-order valence-corrected chi connectivity index (χ4v) is 2.57. The number of rotatable bonds is 8. The number of hydrogen-bond acceptors (Lipinski definition) is 3. The summed E-state index contributed by atoms with van der Waals surface area (Å²) in [4.78, 5) is 23.8. The monoisotopic (exact) mass is 313 g/mol. The highest BCUT2D eigenvalue weighted by Crippen LogP contribution is 2.19. The van der Waals surface area contributed by atoms with E-state index in [2.05, 4.69) is 5.32 Å². The molecule has 0 aromatic heterocycles. The van der Waals surface area contributed by atoms with E-state index < -0.39 is 12.0 Å². The summed E-state index contributed by atoms with van der Waals surface area (Å²) >= 11 is 1.43. The van der Waals surface area contributed by atoms with Gasteiger partial charge in [-0.05, 0) is 30.2 Å². The third-order valence-electron chi connectivity index (χ3n) is 3.21. The van der Waals surface area contributed by atoms with Crippen LogP contribution in [0.15, 0.2) is 29.2 Å². The molecule has 0 bridgehead atoms. The molecule has 0 aliphatic rings. The molecule has 2 unspecified atom stereocenters. The summed E-state index contributed by atoms with van der Waals surface area (Å²) < 4.78 is 12.7. The molecule has 0 heterocycles. The summed E-state index contributed by atoms with van der Waals surface area (Å²) in [6.07, 6.45) is 0.907. The molecule has 0 spiro atoms. The average molecular weight is 313 g/mol. The van der Waals surface area contributed by atoms with Crippen LogP contribution in [0.3, 0.4) is 0 Å². The molecule has 1 amide bonds. The largest absolute Gasteiger partial charge is 0.480 e. The second-order valence-electron chi connectivity index (χ2n) is 4.82. The Bertz CT molecular complexity index is 478. The number of aliphatic carboxylic acids is 1. The summed E-state index contributed by atoms with van der Waals surface area (Å²) in [7, 11) is 0. The Morgan fingerprint density at radius 3 is 2.48 bits per heavy atom. The summed E-state index contributed by atoms with van der Waals surface area (Å²) in [6.45, 7) is 3.68. The van der Waals surface area contributed by atoms with Gasteiger partial charge in [0.25, 0.3) is 0 Å². The number of carboxylic acids is 1. The van der Waals surface area contributed by atoms with Crippen LogP contribution in [-0.2, 0) is 9.59 Å². The van der Waals surface area contributed by atoms with E-state index in [1.807, 2.05) is 6.92 Å². The second kappa shape index (κ2) is 8.67. The molecule has 1 aromatic rings. The van der Waals surface area contributed by atoms with Crippen molar-refractivity contribution in [3.05, 3.63) is 30.1 Å². The van der Waals surface area contributed by atoms with Crippen molar-refractivity contribution in [2.24, 2.45) is 5.92 Å². The molecule has 0 aliphatic heterocycles. The van der Waals surface area contributed by atoms with E-state index in [1.54, 1.807) is 19.1 Å². The van der Waals surface area contributed by atoms with E-state index in [9.17, 15) is 14.0 Å². The molecule has 0 radical (unpaired) electrons. The zero-order valence-electron chi connectivity index (χ0n) is 12.1. The first-order valence-corrected chi connectivity index (χ1v) is 7.83. The van der Waals surface area contributed by atoms with Crippen molar-refractivity contribution in [1.29, 1.82) is 0 Å². The minimum Gasteiger partial charge on any atom is -0.480 e. The van der Waals surface area contributed by atoms with Crippen molar-refractivity contribution < 1.29 is 19.1 Å².